The SMILES string of the molecule is O=C(c1ccc([N+](=O)[O-])cc1)N1CCCC(OCc2ccc(Br)cc2)C1. The maximum atomic E-state index is 12.6. The summed E-state index contributed by atoms with van der Waals surface area (Å²) in [5.41, 5.74) is 1.53. The summed E-state index contributed by atoms with van der Waals surface area (Å²) < 4.78 is 7.00. The van der Waals surface area contributed by atoms with Gasteiger partial charge in [-0.3, -0.25) is 14.9 Å². The number of non-ortho nitro benzene ring substituents is 1. The standard InChI is InChI=1S/C19H19BrN2O4/c20-16-7-3-14(4-8-16)13-26-18-2-1-11-21(12-18)19(23)15-5-9-17(10-6-15)22(24)25/h3-10,18H,1-2,11-13H2. The highest BCUT2D eigenvalue weighted by atomic mass is 79.9. The van der Waals surface area contributed by atoms with Gasteiger partial charge in [-0.1, -0.05) is 28.1 Å². The van der Waals surface area contributed by atoms with Gasteiger partial charge in [0.05, 0.1) is 17.6 Å². The molecule has 2 aromatic rings. The predicted molar refractivity (Wildman–Crippen MR) is 101 cm³/mol. The van der Waals surface area contributed by atoms with Gasteiger partial charge in [-0.05, 0) is 42.7 Å². The van der Waals surface area contributed by atoms with Crippen LogP contribution < -0.4 is 0 Å². The zero-order chi connectivity index (χ0) is 18.5. The zero-order valence-electron chi connectivity index (χ0n) is 14.1. The number of likely N-dealkylation sites (tertiary alicyclic amines) is 1. The molecule has 26 heavy (non-hydrogen) atoms. The number of amides is 1. The van der Waals surface area contributed by atoms with Crippen molar-refractivity contribution in [2.24, 2.45) is 0 Å². The largest absolute Gasteiger partial charge is 0.372 e. The topological polar surface area (TPSA) is 72.7 Å². The molecular weight excluding hydrogens is 400 g/mol. The van der Waals surface area contributed by atoms with Crippen LogP contribution in [0.3, 0.4) is 0 Å². The van der Waals surface area contributed by atoms with E-state index in [4.69, 9.17) is 4.74 Å². The highest BCUT2D eigenvalue weighted by Gasteiger charge is 2.25. The molecule has 3 rings (SSSR count). The number of carbonyl (C=O) groups excluding carboxylic acids is 1. The first-order valence-electron chi connectivity index (χ1n) is 8.43. The summed E-state index contributed by atoms with van der Waals surface area (Å²) in [5.74, 6) is -0.114. The Morgan fingerprint density at radius 2 is 1.88 bits per heavy atom. The van der Waals surface area contributed by atoms with Crippen molar-refractivity contribution in [1.82, 2.24) is 4.90 Å². The minimum absolute atomic E-state index is 0.00519. The smallest absolute Gasteiger partial charge is 0.269 e. The van der Waals surface area contributed by atoms with Crippen molar-refractivity contribution >= 4 is 27.5 Å². The van der Waals surface area contributed by atoms with E-state index in [1.807, 2.05) is 24.3 Å². The minimum Gasteiger partial charge on any atom is -0.372 e. The van der Waals surface area contributed by atoms with Crippen LogP contribution in [0.4, 0.5) is 5.69 Å². The molecule has 2 aromatic carbocycles. The van der Waals surface area contributed by atoms with Crippen LogP contribution in [0.1, 0.15) is 28.8 Å². The number of hydrogen-bond acceptors (Lipinski definition) is 4. The van der Waals surface area contributed by atoms with Crippen LogP contribution >= 0.6 is 15.9 Å². The third-order valence-corrected chi connectivity index (χ3v) is 4.92. The lowest BCUT2D eigenvalue weighted by Crippen LogP contribution is -2.43. The normalized spacial score (nSPS) is 17.1. The molecule has 6 nitrogen and oxygen atoms in total. The highest BCUT2D eigenvalue weighted by molar-refractivity contribution is 9.10. The maximum absolute atomic E-state index is 12.6. The van der Waals surface area contributed by atoms with Crippen LogP contribution in [0.2, 0.25) is 0 Å². The lowest BCUT2D eigenvalue weighted by Gasteiger charge is -2.32. The second-order valence-electron chi connectivity index (χ2n) is 6.26. The van der Waals surface area contributed by atoms with E-state index in [2.05, 4.69) is 15.9 Å². The van der Waals surface area contributed by atoms with Crippen LogP contribution in [0, 0.1) is 10.1 Å². The Balaban J connectivity index is 1.57. The van der Waals surface area contributed by atoms with Gasteiger partial charge in [0, 0.05) is 35.3 Å². The monoisotopic (exact) mass is 418 g/mol. The second kappa shape index (κ2) is 8.42. The van der Waals surface area contributed by atoms with E-state index in [1.54, 1.807) is 4.90 Å². The van der Waals surface area contributed by atoms with Gasteiger partial charge < -0.3 is 9.64 Å². The van der Waals surface area contributed by atoms with Gasteiger partial charge in [0.1, 0.15) is 0 Å². The zero-order valence-corrected chi connectivity index (χ0v) is 15.7. The van der Waals surface area contributed by atoms with Crippen molar-refractivity contribution in [2.75, 3.05) is 13.1 Å². The quantitative estimate of drug-likeness (QED) is 0.539. The molecule has 1 aliphatic heterocycles. The fourth-order valence-electron chi connectivity index (χ4n) is 2.96. The average Bonchev–Trinajstić information content (AvgIpc) is 2.67. The predicted octanol–water partition coefficient (Wildman–Crippen LogP) is 4.18. The van der Waals surface area contributed by atoms with Crippen molar-refractivity contribution in [2.45, 2.75) is 25.6 Å². The molecule has 1 aliphatic rings. The third kappa shape index (κ3) is 4.68. The summed E-state index contributed by atoms with van der Waals surface area (Å²) in [7, 11) is 0. The maximum Gasteiger partial charge on any atom is 0.269 e. The van der Waals surface area contributed by atoms with Crippen molar-refractivity contribution in [3.8, 4) is 0 Å². The molecule has 136 valence electrons. The summed E-state index contributed by atoms with van der Waals surface area (Å²) in [6, 6.07) is 13.7. The number of nitro benzene ring substituents is 1. The summed E-state index contributed by atoms with van der Waals surface area (Å²) in [6.45, 7) is 1.72. The summed E-state index contributed by atoms with van der Waals surface area (Å²) in [4.78, 5) is 24.6. The van der Waals surface area contributed by atoms with Crippen molar-refractivity contribution in [3.05, 3.63) is 74.2 Å². The molecule has 1 saturated heterocycles. The lowest BCUT2D eigenvalue weighted by molar-refractivity contribution is -0.384. The van der Waals surface area contributed by atoms with E-state index >= 15 is 0 Å². The Morgan fingerprint density at radius 1 is 1.19 bits per heavy atom. The molecule has 0 radical (unpaired) electrons. The summed E-state index contributed by atoms with van der Waals surface area (Å²) >= 11 is 3.41. The first-order chi connectivity index (χ1) is 12.5. The molecule has 1 unspecified atom stereocenters. The number of ether oxygens (including phenoxy) is 1. The van der Waals surface area contributed by atoms with Gasteiger partial charge in [0.25, 0.3) is 11.6 Å². The molecule has 1 fully saturated rings. The molecule has 7 heteroatoms. The number of nitrogens with zero attached hydrogens (tertiary/aromatic N) is 2. The number of rotatable bonds is 5. The van der Waals surface area contributed by atoms with Crippen LogP contribution in [-0.2, 0) is 11.3 Å². The highest BCUT2D eigenvalue weighted by Crippen LogP contribution is 2.20. The van der Waals surface area contributed by atoms with Gasteiger partial charge in [-0.25, -0.2) is 0 Å². The molecule has 0 spiro atoms. The molecule has 0 aliphatic carbocycles. The number of piperidine rings is 1. The molecular formula is C19H19BrN2O4. The first-order valence-corrected chi connectivity index (χ1v) is 9.22. The second-order valence-corrected chi connectivity index (χ2v) is 7.17. The number of benzene rings is 2. The minimum atomic E-state index is -0.471. The van der Waals surface area contributed by atoms with Crippen molar-refractivity contribution in [3.63, 3.8) is 0 Å². The van der Waals surface area contributed by atoms with E-state index in [0.29, 0.717) is 25.3 Å². The van der Waals surface area contributed by atoms with E-state index in [0.717, 1.165) is 22.9 Å². The Kier molecular flexibility index (Phi) is 6.00. The Labute approximate surface area is 160 Å². The number of halogens is 1. The fourth-order valence-corrected chi connectivity index (χ4v) is 3.23. The number of carbonyl (C=O) groups is 1. The van der Waals surface area contributed by atoms with Crippen LogP contribution in [-0.4, -0.2) is 34.9 Å². The van der Waals surface area contributed by atoms with E-state index in [-0.39, 0.29) is 17.7 Å². The van der Waals surface area contributed by atoms with Crippen molar-refractivity contribution in [1.29, 1.82) is 0 Å². The van der Waals surface area contributed by atoms with Crippen LogP contribution in [0.15, 0.2) is 53.0 Å². The Hall–Kier alpha value is -2.25. The average molecular weight is 419 g/mol. The summed E-state index contributed by atoms with van der Waals surface area (Å²) in [6.07, 6.45) is 1.79. The lowest BCUT2D eigenvalue weighted by atomic mass is 10.1. The molecule has 1 heterocycles. The van der Waals surface area contributed by atoms with E-state index in [9.17, 15) is 14.9 Å². The van der Waals surface area contributed by atoms with Gasteiger partial charge >= 0.3 is 0 Å². The van der Waals surface area contributed by atoms with Gasteiger partial charge in [-0.15, -0.1) is 0 Å². The van der Waals surface area contributed by atoms with Crippen LogP contribution in [0.5, 0.6) is 0 Å². The molecule has 0 bridgehead atoms. The summed E-state index contributed by atoms with van der Waals surface area (Å²) in [5, 5.41) is 10.7. The van der Waals surface area contributed by atoms with Crippen LogP contribution in [0.25, 0.3) is 0 Å². The van der Waals surface area contributed by atoms with Crippen molar-refractivity contribution < 1.29 is 14.5 Å². The van der Waals surface area contributed by atoms with E-state index in [1.165, 1.54) is 24.3 Å². The van der Waals surface area contributed by atoms with Gasteiger partial charge in [0.15, 0.2) is 0 Å². The van der Waals surface area contributed by atoms with Gasteiger partial charge in [-0.2, -0.15) is 0 Å². The van der Waals surface area contributed by atoms with E-state index < -0.39 is 4.92 Å². The molecule has 0 N–H and O–H groups in total. The fraction of sp³-hybridized carbons (Fsp3) is 0.316. The molecule has 0 aromatic heterocycles. The van der Waals surface area contributed by atoms with Gasteiger partial charge in [0.2, 0.25) is 0 Å². The molecule has 1 atom stereocenters. The first kappa shape index (κ1) is 18.5. The molecule has 0 saturated carbocycles. The number of nitro groups is 1. The molecule has 1 amide bonds. The Bertz CT molecular complexity index is 777. The number of hydrogen-bond donors (Lipinski definition) is 0. The third-order valence-electron chi connectivity index (χ3n) is 4.39. The Morgan fingerprint density at radius 3 is 2.54 bits per heavy atom.